The Hall–Kier alpha value is -0.690. The van der Waals surface area contributed by atoms with E-state index in [-0.39, 0.29) is 6.09 Å². The number of piperidine rings is 1. The van der Waals surface area contributed by atoms with Crippen molar-refractivity contribution in [2.24, 2.45) is 5.92 Å². The Labute approximate surface area is 129 Å². The Kier molecular flexibility index (Phi) is 5.11. The molecule has 0 aromatic heterocycles. The van der Waals surface area contributed by atoms with Gasteiger partial charge in [0.1, 0.15) is 6.61 Å². The molecule has 114 valence electrons. The van der Waals surface area contributed by atoms with Gasteiger partial charge in [-0.15, -0.1) is 0 Å². The molecule has 1 aromatic rings. The lowest BCUT2D eigenvalue weighted by molar-refractivity contribution is 0.0828. The molecule has 0 spiro atoms. The predicted octanol–water partition coefficient (Wildman–Crippen LogP) is 3.19. The van der Waals surface area contributed by atoms with E-state index in [1.54, 1.807) is 0 Å². The van der Waals surface area contributed by atoms with E-state index < -0.39 is 0 Å². The van der Waals surface area contributed by atoms with Gasteiger partial charge in [0.05, 0.1) is 0 Å². The highest BCUT2D eigenvalue weighted by Gasteiger charge is 2.46. The Morgan fingerprint density at radius 1 is 1.38 bits per heavy atom. The number of fused-ring (bicyclic) bond motifs is 2. The van der Waals surface area contributed by atoms with E-state index in [2.05, 4.69) is 11.8 Å². The first kappa shape index (κ1) is 15.2. The third-order valence-electron chi connectivity index (χ3n) is 4.36. The third-order valence-corrected chi connectivity index (χ3v) is 6.31. The van der Waals surface area contributed by atoms with Crippen LogP contribution in [0.2, 0.25) is 0 Å². The Morgan fingerprint density at radius 2 is 2.19 bits per heavy atom. The van der Waals surface area contributed by atoms with E-state index in [0.717, 1.165) is 41.6 Å². The molecule has 1 saturated heterocycles. The Morgan fingerprint density at radius 3 is 2.86 bits per heavy atom. The topological polar surface area (TPSA) is 41.6 Å². The van der Waals surface area contributed by atoms with Crippen molar-refractivity contribution in [3.63, 3.8) is 0 Å². The molecule has 1 aliphatic heterocycles. The lowest BCUT2D eigenvalue weighted by Crippen LogP contribution is -2.44. The predicted molar refractivity (Wildman–Crippen MR) is 89.3 cm³/mol. The second-order valence-corrected chi connectivity index (χ2v) is 8.99. The lowest BCUT2D eigenvalue weighted by Gasteiger charge is -2.31. The molecule has 2 aliphatic rings. The Bertz CT molecular complexity index is 486. The number of benzene rings is 1. The number of carbonyl (C=O) groups excluding carboxylic acids is 1. The Balaban J connectivity index is 1.48. The van der Waals surface area contributed by atoms with Crippen LogP contribution in [0.5, 0.6) is 0 Å². The molecule has 1 heterocycles. The second kappa shape index (κ2) is 7.05. The summed E-state index contributed by atoms with van der Waals surface area (Å²) in [7, 11) is 1.84. The summed E-state index contributed by atoms with van der Waals surface area (Å²) in [5.74, 6) is 0.614. The molecule has 2 fully saturated rings. The zero-order chi connectivity index (χ0) is 14.7. The molecule has 21 heavy (non-hydrogen) atoms. The molecule has 2 unspecified atom stereocenters. The number of hydrogen-bond donors (Lipinski definition) is 1. The van der Waals surface area contributed by atoms with E-state index in [1.807, 2.05) is 35.2 Å². The summed E-state index contributed by atoms with van der Waals surface area (Å²) >= 11 is 0. The molecule has 1 saturated carbocycles. The molecule has 2 bridgehead atoms. The van der Waals surface area contributed by atoms with Crippen molar-refractivity contribution >= 4 is 22.8 Å². The van der Waals surface area contributed by atoms with Gasteiger partial charge in [0.2, 0.25) is 0 Å². The maximum Gasteiger partial charge on any atom is 0.410 e. The highest BCUT2D eigenvalue weighted by Crippen LogP contribution is 2.41. The molecule has 4 nitrogen and oxygen atoms in total. The molecule has 6 heteroatoms. The maximum absolute atomic E-state index is 12.2. The number of nitrogens with zero attached hydrogens (tertiary/aromatic N) is 1. The van der Waals surface area contributed by atoms with Crippen LogP contribution in [-0.2, 0) is 11.3 Å². The van der Waals surface area contributed by atoms with Gasteiger partial charge < -0.3 is 9.64 Å². The average Bonchev–Trinajstić information content (AvgIpc) is 3.11. The maximum atomic E-state index is 12.2. The fourth-order valence-corrected chi connectivity index (χ4v) is 4.99. The van der Waals surface area contributed by atoms with E-state index in [0.29, 0.717) is 24.6 Å². The molecule has 5 atom stereocenters. The minimum atomic E-state index is -0.149. The van der Waals surface area contributed by atoms with Gasteiger partial charge in [-0.05, 0) is 39.4 Å². The summed E-state index contributed by atoms with van der Waals surface area (Å²) in [6.07, 6.45) is 2.07. The zero-order valence-electron chi connectivity index (χ0n) is 12.2. The summed E-state index contributed by atoms with van der Waals surface area (Å²) in [6.45, 7) is 3.45. The van der Waals surface area contributed by atoms with E-state index in [4.69, 9.17) is 4.74 Å². The van der Waals surface area contributed by atoms with Crippen molar-refractivity contribution in [2.45, 2.75) is 31.5 Å². The van der Waals surface area contributed by atoms with Gasteiger partial charge in [-0.2, -0.15) is 0 Å². The summed E-state index contributed by atoms with van der Waals surface area (Å²) < 4.78 is 5.45. The molecule has 1 amide bonds. The SMILES string of the molecule is CPPN[C@@H]1C[C@H]2C[C@@H]1CN2C(=O)OCc1ccccc1. The van der Waals surface area contributed by atoms with Crippen LogP contribution >= 0.6 is 16.7 Å². The average molecular weight is 324 g/mol. The van der Waals surface area contributed by atoms with E-state index >= 15 is 0 Å². The molecule has 3 rings (SSSR count). The van der Waals surface area contributed by atoms with Gasteiger partial charge in [0.15, 0.2) is 0 Å². The van der Waals surface area contributed by atoms with Gasteiger partial charge in [0, 0.05) is 18.6 Å². The zero-order valence-corrected chi connectivity index (χ0v) is 14.2. The third kappa shape index (κ3) is 3.56. The van der Waals surface area contributed by atoms with Crippen LogP contribution in [0, 0.1) is 5.92 Å². The highest BCUT2D eigenvalue weighted by atomic mass is 32.0. The van der Waals surface area contributed by atoms with Crippen molar-refractivity contribution in [2.75, 3.05) is 13.2 Å². The largest absolute Gasteiger partial charge is 0.445 e. The lowest BCUT2D eigenvalue weighted by atomic mass is 10.0. The minimum Gasteiger partial charge on any atom is -0.445 e. The standard InChI is InChI=1S/C15H22N2O2P2/c1-20-21-16-14-8-13-7-12(14)9-17(13)15(18)19-10-11-5-3-2-4-6-11/h2-6,12-14,16,20-21H,7-10H2,1H3/t12-,13-,14-/m1/s1. The van der Waals surface area contributed by atoms with Crippen LogP contribution < -0.4 is 5.09 Å². The fraction of sp³-hybridized carbons (Fsp3) is 0.533. The van der Waals surface area contributed by atoms with Crippen LogP contribution in [0.1, 0.15) is 18.4 Å². The summed E-state index contributed by atoms with van der Waals surface area (Å²) in [6, 6.07) is 10.8. The number of amides is 1. The van der Waals surface area contributed by atoms with E-state index in [1.165, 1.54) is 0 Å². The molecular weight excluding hydrogens is 302 g/mol. The number of nitrogens with one attached hydrogen (secondary N) is 1. The van der Waals surface area contributed by atoms with Crippen LogP contribution in [0.3, 0.4) is 0 Å². The van der Waals surface area contributed by atoms with Crippen molar-refractivity contribution in [3.8, 4) is 0 Å². The summed E-state index contributed by atoms with van der Waals surface area (Å²) in [5.41, 5.74) is 1.04. The van der Waals surface area contributed by atoms with Crippen molar-refractivity contribution in [1.29, 1.82) is 0 Å². The number of likely N-dealkylation sites (tertiary alicyclic amines) is 1. The van der Waals surface area contributed by atoms with Gasteiger partial charge in [-0.25, -0.2) is 4.79 Å². The fourth-order valence-electron chi connectivity index (χ4n) is 3.32. The van der Waals surface area contributed by atoms with Crippen molar-refractivity contribution < 1.29 is 9.53 Å². The monoisotopic (exact) mass is 324 g/mol. The highest BCUT2D eigenvalue weighted by molar-refractivity contribution is 8.10. The smallest absolute Gasteiger partial charge is 0.410 e. The molecule has 1 aromatic carbocycles. The van der Waals surface area contributed by atoms with Gasteiger partial charge in [-0.3, -0.25) is 5.09 Å². The first-order chi connectivity index (χ1) is 10.3. The second-order valence-electron chi connectivity index (χ2n) is 5.70. The van der Waals surface area contributed by atoms with Crippen LogP contribution in [0.4, 0.5) is 4.79 Å². The number of rotatable bonds is 5. The van der Waals surface area contributed by atoms with Crippen molar-refractivity contribution in [1.82, 2.24) is 9.99 Å². The molecule has 0 radical (unpaired) electrons. The normalized spacial score (nSPS) is 28.2. The summed E-state index contributed by atoms with van der Waals surface area (Å²) in [4.78, 5) is 14.1. The molecule has 1 aliphatic carbocycles. The van der Waals surface area contributed by atoms with Gasteiger partial charge in [-0.1, -0.05) is 38.6 Å². The summed E-state index contributed by atoms with van der Waals surface area (Å²) in [5, 5.41) is 3.64. The number of hydrogen-bond acceptors (Lipinski definition) is 3. The van der Waals surface area contributed by atoms with Gasteiger partial charge >= 0.3 is 6.09 Å². The van der Waals surface area contributed by atoms with E-state index in [9.17, 15) is 4.79 Å². The molecule has 1 N–H and O–H groups in total. The molecular formula is C15H22N2O2P2. The van der Waals surface area contributed by atoms with Crippen LogP contribution in [-0.4, -0.2) is 36.3 Å². The quantitative estimate of drug-likeness (QED) is 0.846. The first-order valence-electron chi connectivity index (χ1n) is 7.42. The minimum absolute atomic E-state index is 0.149. The van der Waals surface area contributed by atoms with Crippen LogP contribution in [0.25, 0.3) is 0 Å². The van der Waals surface area contributed by atoms with Gasteiger partial charge in [0.25, 0.3) is 0 Å². The number of carbonyl (C=O) groups is 1. The number of ether oxygens (including phenoxy) is 1. The van der Waals surface area contributed by atoms with Crippen molar-refractivity contribution in [3.05, 3.63) is 35.9 Å². The first-order valence-corrected chi connectivity index (χ1v) is 10.9. The van der Waals surface area contributed by atoms with Crippen LogP contribution in [0.15, 0.2) is 30.3 Å².